The highest BCUT2D eigenvalue weighted by molar-refractivity contribution is 5.80. The first-order valence-corrected chi connectivity index (χ1v) is 9.02. The average molecular weight is 391 g/mol. The lowest BCUT2D eigenvalue weighted by Crippen LogP contribution is -2.00. The molecular formula is C22H21N3O4. The molecule has 0 atom stereocenters. The summed E-state index contributed by atoms with van der Waals surface area (Å²) in [6.45, 7) is 0.624. The molecule has 0 radical (unpaired) electrons. The second kappa shape index (κ2) is 7.71. The third kappa shape index (κ3) is 3.54. The molecule has 0 aliphatic rings. The summed E-state index contributed by atoms with van der Waals surface area (Å²) < 4.78 is 18.0. The lowest BCUT2D eigenvalue weighted by atomic mass is 10.1. The fourth-order valence-corrected chi connectivity index (χ4v) is 3.26. The second-order valence-electron chi connectivity index (χ2n) is 6.51. The first-order valence-electron chi connectivity index (χ1n) is 9.02. The van der Waals surface area contributed by atoms with Crippen LogP contribution >= 0.6 is 0 Å². The van der Waals surface area contributed by atoms with Crippen LogP contribution < -0.4 is 14.2 Å². The Kier molecular flexibility index (Phi) is 4.95. The van der Waals surface area contributed by atoms with Gasteiger partial charge >= 0.3 is 0 Å². The molecule has 148 valence electrons. The van der Waals surface area contributed by atoms with Gasteiger partial charge in [0.1, 0.15) is 5.52 Å². The molecule has 1 N–H and O–H groups in total. The maximum Gasteiger partial charge on any atom is 0.161 e. The Bertz CT molecular complexity index is 1170. The number of hydrogen-bond acceptors (Lipinski definition) is 6. The van der Waals surface area contributed by atoms with Crippen molar-refractivity contribution in [2.75, 3.05) is 21.3 Å². The molecule has 0 aliphatic heterocycles. The minimum absolute atomic E-state index is 0.0934. The summed E-state index contributed by atoms with van der Waals surface area (Å²) in [4.78, 5) is 8.96. The van der Waals surface area contributed by atoms with E-state index < -0.39 is 0 Å². The predicted molar refractivity (Wildman–Crippen MR) is 110 cm³/mol. The summed E-state index contributed by atoms with van der Waals surface area (Å²) in [7, 11) is 4.76. The Morgan fingerprint density at radius 3 is 2.41 bits per heavy atom. The van der Waals surface area contributed by atoms with Gasteiger partial charge in [-0.2, -0.15) is 0 Å². The number of pyridine rings is 1. The van der Waals surface area contributed by atoms with Gasteiger partial charge in [-0.1, -0.05) is 6.07 Å². The van der Waals surface area contributed by atoms with Crippen LogP contribution in [0.2, 0.25) is 0 Å². The number of hydrogen-bond donors (Lipinski definition) is 1. The van der Waals surface area contributed by atoms with Crippen molar-refractivity contribution in [3.05, 3.63) is 60.6 Å². The third-order valence-corrected chi connectivity index (χ3v) is 4.78. The van der Waals surface area contributed by atoms with Gasteiger partial charge in [0.2, 0.25) is 0 Å². The zero-order valence-corrected chi connectivity index (χ0v) is 16.4. The fraction of sp³-hybridized carbons (Fsp3) is 0.182. The Balaban J connectivity index is 1.71. The van der Waals surface area contributed by atoms with Gasteiger partial charge in [0.25, 0.3) is 0 Å². The van der Waals surface area contributed by atoms with E-state index in [1.807, 2.05) is 24.3 Å². The molecule has 4 aromatic rings. The van der Waals surface area contributed by atoms with Gasteiger partial charge < -0.3 is 23.9 Å². The van der Waals surface area contributed by atoms with Gasteiger partial charge in [0, 0.05) is 12.1 Å². The van der Waals surface area contributed by atoms with Crippen molar-refractivity contribution >= 4 is 11.0 Å². The van der Waals surface area contributed by atoms with E-state index >= 15 is 0 Å². The lowest BCUT2D eigenvalue weighted by molar-refractivity contribution is 0.354. The molecule has 2 aromatic carbocycles. The van der Waals surface area contributed by atoms with Crippen LogP contribution in [0.15, 0.2) is 55.0 Å². The molecule has 0 saturated heterocycles. The Hall–Kier alpha value is -3.74. The van der Waals surface area contributed by atoms with Crippen molar-refractivity contribution in [3.8, 4) is 34.3 Å². The smallest absolute Gasteiger partial charge is 0.161 e. The third-order valence-electron chi connectivity index (χ3n) is 4.78. The molecule has 0 bridgehead atoms. The molecule has 0 aliphatic carbocycles. The molecule has 7 nitrogen and oxygen atoms in total. The zero-order chi connectivity index (χ0) is 20.4. The van der Waals surface area contributed by atoms with Crippen LogP contribution in [0.25, 0.3) is 22.3 Å². The molecule has 0 spiro atoms. The van der Waals surface area contributed by atoms with Crippen molar-refractivity contribution < 1.29 is 19.3 Å². The minimum atomic E-state index is 0.0934. The van der Waals surface area contributed by atoms with Crippen molar-refractivity contribution in [2.45, 2.75) is 6.54 Å². The highest BCUT2D eigenvalue weighted by atomic mass is 16.5. The standard InChI is InChI=1S/C22H21N3O4/c1-27-20-7-4-14(8-22(20)29-3)12-25-13-24-17-11-23-16(10-18(17)25)15-5-6-19(26)21(9-15)28-2/h4-11,13,26H,12H2,1-3H3. The molecule has 0 saturated carbocycles. The van der Waals surface area contributed by atoms with E-state index in [0.717, 1.165) is 27.9 Å². The summed E-state index contributed by atoms with van der Waals surface area (Å²) in [6, 6.07) is 13.0. The second-order valence-corrected chi connectivity index (χ2v) is 6.51. The summed E-state index contributed by atoms with van der Waals surface area (Å²) >= 11 is 0. The van der Waals surface area contributed by atoms with E-state index in [-0.39, 0.29) is 5.75 Å². The number of aromatic hydroxyl groups is 1. The largest absolute Gasteiger partial charge is 0.504 e. The summed E-state index contributed by atoms with van der Waals surface area (Å²) in [5, 5.41) is 9.83. The number of phenols is 1. The molecule has 29 heavy (non-hydrogen) atoms. The number of aromatic nitrogens is 3. The molecule has 4 rings (SSSR count). The van der Waals surface area contributed by atoms with E-state index in [2.05, 4.69) is 14.5 Å². The van der Waals surface area contributed by atoms with Crippen molar-refractivity contribution in [3.63, 3.8) is 0 Å². The lowest BCUT2D eigenvalue weighted by Gasteiger charge is -2.11. The molecule has 2 aromatic heterocycles. The number of benzene rings is 2. The SMILES string of the molecule is COc1cc(-c2cc3c(cn2)ncn3Cc2ccc(OC)c(OC)c2)ccc1O. The summed E-state index contributed by atoms with van der Waals surface area (Å²) in [5.74, 6) is 1.88. The highest BCUT2D eigenvalue weighted by Gasteiger charge is 2.11. The van der Waals surface area contributed by atoms with Crippen LogP contribution in [-0.2, 0) is 6.54 Å². The predicted octanol–water partition coefficient (Wildman–Crippen LogP) is 3.88. The molecule has 7 heteroatoms. The molecule has 0 fully saturated rings. The van der Waals surface area contributed by atoms with Crippen molar-refractivity contribution in [1.29, 1.82) is 0 Å². The summed E-state index contributed by atoms with van der Waals surface area (Å²) in [5.41, 5.74) is 4.44. The van der Waals surface area contributed by atoms with Crippen molar-refractivity contribution in [2.24, 2.45) is 0 Å². The molecule has 0 unspecified atom stereocenters. The van der Waals surface area contributed by atoms with E-state index in [0.29, 0.717) is 23.8 Å². The van der Waals surface area contributed by atoms with Crippen LogP contribution in [-0.4, -0.2) is 41.0 Å². The number of ether oxygens (including phenoxy) is 3. The van der Waals surface area contributed by atoms with E-state index in [9.17, 15) is 5.11 Å². The molecule has 0 amide bonds. The Labute approximate surface area is 168 Å². The summed E-state index contributed by atoms with van der Waals surface area (Å²) in [6.07, 6.45) is 3.54. The molecular weight excluding hydrogens is 370 g/mol. The van der Waals surface area contributed by atoms with E-state index in [1.54, 1.807) is 44.9 Å². The Morgan fingerprint density at radius 2 is 1.66 bits per heavy atom. The van der Waals surface area contributed by atoms with Gasteiger partial charge in [-0.05, 0) is 42.0 Å². The average Bonchev–Trinajstić information content (AvgIpc) is 3.16. The number of nitrogens with zero attached hydrogens (tertiary/aromatic N) is 3. The van der Waals surface area contributed by atoms with Crippen LogP contribution in [0, 0.1) is 0 Å². The van der Waals surface area contributed by atoms with Crippen LogP contribution in [0.3, 0.4) is 0 Å². The van der Waals surface area contributed by atoms with E-state index in [4.69, 9.17) is 14.2 Å². The van der Waals surface area contributed by atoms with Crippen LogP contribution in [0.5, 0.6) is 23.0 Å². The van der Waals surface area contributed by atoms with Gasteiger partial charge in [0.05, 0.1) is 45.1 Å². The minimum Gasteiger partial charge on any atom is -0.504 e. The van der Waals surface area contributed by atoms with Gasteiger partial charge in [0.15, 0.2) is 23.0 Å². The molecule has 2 heterocycles. The highest BCUT2D eigenvalue weighted by Crippen LogP contribution is 2.32. The number of methoxy groups -OCH3 is 3. The van der Waals surface area contributed by atoms with Crippen LogP contribution in [0.4, 0.5) is 0 Å². The Morgan fingerprint density at radius 1 is 0.862 bits per heavy atom. The van der Waals surface area contributed by atoms with Crippen molar-refractivity contribution in [1.82, 2.24) is 14.5 Å². The number of imidazole rings is 1. The topological polar surface area (TPSA) is 78.6 Å². The fourth-order valence-electron chi connectivity index (χ4n) is 3.26. The first-order chi connectivity index (χ1) is 14.1. The number of phenolic OH excluding ortho intramolecular Hbond substituents is 1. The monoisotopic (exact) mass is 391 g/mol. The normalized spacial score (nSPS) is 10.9. The van der Waals surface area contributed by atoms with Gasteiger partial charge in [-0.3, -0.25) is 4.98 Å². The maximum atomic E-state index is 9.83. The van der Waals surface area contributed by atoms with Gasteiger partial charge in [-0.15, -0.1) is 0 Å². The van der Waals surface area contributed by atoms with Crippen LogP contribution in [0.1, 0.15) is 5.56 Å². The zero-order valence-electron chi connectivity index (χ0n) is 16.4. The van der Waals surface area contributed by atoms with E-state index in [1.165, 1.54) is 7.11 Å². The maximum absolute atomic E-state index is 9.83. The quantitative estimate of drug-likeness (QED) is 0.537. The van der Waals surface area contributed by atoms with Gasteiger partial charge in [-0.25, -0.2) is 4.98 Å². The number of rotatable bonds is 6. The first kappa shape index (κ1) is 18.6. The number of fused-ring (bicyclic) bond motifs is 1.